The van der Waals surface area contributed by atoms with E-state index in [0.717, 1.165) is 12.1 Å². The van der Waals surface area contributed by atoms with Gasteiger partial charge in [0.2, 0.25) is 5.67 Å². The maximum atomic E-state index is 15.5. The van der Waals surface area contributed by atoms with E-state index in [0.29, 0.717) is 5.56 Å². The molecule has 3 rings (SSSR count). The fraction of sp³-hybridized carbons (Fsp3) is 0.185. The quantitative estimate of drug-likeness (QED) is 0.262. The molecule has 3 aromatic rings. The zero-order valence-corrected chi connectivity index (χ0v) is 22.8. The molecule has 0 saturated heterocycles. The number of anilines is 2. The van der Waals surface area contributed by atoms with E-state index < -0.39 is 80.2 Å². The Morgan fingerprint density at radius 2 is 1.35 bits per heavy atom. The van der Waals surface area contributed by atoms with E-state index in [-0.39, 0.29) is 23.3 Å². The van der Waals surface area contributed by atoms with Crippen LogP contribution in [-0.4, -0.2) is 24.2 Å². The number of benzene rings is 3. The van der Waals surface area contributed by atoms with Gasteiger partial charge in [0, 0.05) is 11.1 Å². The van der Waals surface area contributed by atoms with E-state index in [9.17, 15) is 45.6 Å². The standard InChI is InChI=1S/C27H14Cl2F8N4O2/c1-12-6-13(9-38)2-4-16(12)23(42)40-21-14(10-39)3-5-17(20(21)30)24(43)41-22-18(28)7-15(8-19(22)29)25(31,27(35,36)37)11-26(32,33)34/h2-8H,11H2,1H3,(H,40,42)(H,41,43). The molecule has 2 N–H and O–H groups in total. The molecule has 0 aliphatic rings. The first kappa shape index (κ1) is 33.1. The molecule has 0 aromatic heterocycles. The summed E-state index contributed by atoms with van der Waals surface area (Å²) in [6.07, 6.45) is -14.6. The van der Waals surface area contributed by atoms with Crippen molar-refractivity contribution in [3.8, 4) is 12.1 Å². The van der Waals surface area contributed by atoms with Crippen LogP contribution in [-0.2, 0) is 5.67 Å². The molecule has 0 aliphatic heterocycles. The average molecular weight is 649 g/mol. The maximum absolute atomic E-state index is 15.5. The molecule has 0 radical (unpaired) electrons. The van der Waals surface area contributed by atoms with Crippen LogP contribution in [0.5, 0.6) is 0 Å². The van der Waals surface area contributed by atoms with Crippen molar-refractivity contribution in [2.45, 2.75) is 31.4 Å². The summed E-state index contributed by atoms with van der Waals surface area (Å²) in [4.78, 5) is 25.7. The van der Waals surface area contributed by atoms with E-state index in [1.54, 1.807) is 6.07 Å². The van der Waals surface area contributed by atoms with Gasteiger partial charge in [-0.2, -0.15) is 36.9 Å². The molecule has 0 spiro atoms. The first-order valence-electron chi connectivity index (χ1n) is 11.5. The van der Waals surface area contributed by atoms with Crippen LogP contribution in [0.4, 0.5) is 46.5 Å². The zero-order valence-electron chi connectivity index (χ0n) is 21.2. The highest BCUT2D eigenvalue weighted by Crippen LogP contribution is 2.51. The number of nitrogens with zero attached hydrogens (tertiary/aromatic N) is 2. The predicted molar refractivity (Wildman–Crippen MR) is 139 cm³/mol. The lowest BCUT2D eigenvalue weighted by Gasteiger charge is -2.30. The van der Waals surface area contributed by atoms with Crippen molar-refractivity contribution in [2.75, 3.05) is 10.6 Å². The molecule has 16 heteroatoms. The summed E-state index contributed by atoms with van der Waals surface area (Å²) < 4.78 is 109. The SMILES string of the molecule is Cc1cc(C#N)ccc1C(=O)Nc1c(C#N)ccc(C(=O)Nc2c(Cl)cc(C(F)(CC(F)(F)F)C(F)(F)F)cc2Cl)c1F. The lowest BCUT2D eigenvalue weighted by Crippen LogP contribution is -2.42. The van der Waals surface area contributed by atoms with Gasteiger partial charge in [-0.1, -0.05) is 23.2 Å². The Hall–Kier alpha value is -4.40. The topological polar surface area (TPSA) is 106 Å². The minimum Gasteiger partial charge on any atom is -0.319 e. The summed E-state index contributed by atoms with van der Waals surface area (Å²) >= 11 is 11.7. The van der Waals surface area contributed by atoms with Gasteiger partial charge in [0.25, 0.3) is 11.8 Å². The fourth-order valence-electron chi connectivity index (χ4n) is 3.88. The van der Waals surface area contributed by atoms with Crippen LogP contribution in [0.3, 0.4) is 0 Å². The van der Waals surface area contributed by atoms with Gasteiger partial charge in [0.15, 0.2) is 5.82 Å². The van der Waals surface area contributed by atoms with Gasteiger partial charge in [0.05, 0.1) is 50.6 Å². The Morgan fingerprint density at radius 1 is 0.814 bits per heavy atom. The molecular weight excluding hydrogens is 635 g/mol. The second-order valence-electron chi connectivity index (χ2n) is 8.92. The minimum atomic E-state index is -6.04. The number of hydrogen-bond acceptors (Lipinski definition) is 4. The molecule has 6 nitrogen and oxygen atoms in total. The van der Waals surface area contributed by atoms with Crippen molar-refractivity contribution >= 4 is 46.4 Å². The first-order chi connectivity index (χ1) is 19.8. The molecule has 0 bridgehead atoms. The summed E-state index contributed by atoms with van der Waals surface area (Å²) in [5, 5.41) is 20.7. The van der Waals surface area contributed by atoms with Crippen molar-refractivity contribution in [1.82, 2.24) is 0 Å². The van der Waals surface area contributed by atoms with Gasteiger partial charge in [-0.3, -0.25) is 9.59 Å². The number of carbonyl (C=O) groups excluding carboxylic acids is 2. The first-order valence-corrected chi connectivity index (χ1v) is 12.3. The third-order valence-corrected chi connectivity index (χ3v) is 6.57. The Morgan fingerprint density at radius 3 is 1.84 bits per heavy atom. The van der Waals surface area contributed by atoms with Gasteiger partial charge in [-0.25, -0.2) is 8.78 Å². The number of aryl methyl sites for hydroxylation is 1. The lowest BCUT2D eigenvalue weighted by molar-refractivity contribution is -0.273. The molecule has 3 aromatic carbocycles. The highest BCUT2D eigenvalue weighted by Gasteiger charge is 2.62. The number of rotatable bonds is 6. The monoisotopic (exact) mass is 648 g/mol. The molecule has 0 saturated carbocycles. The summed E-state index contributed by atoms with van der Waals surface area (Å²) in [5.41, 5.74) is -8.64. The van der Waals surface area contributed by atoms with E-state index in [1.165, 1.54) is 25.1 Å². The fourth-order valence-corrected chi connectivity index (χ4v) is 4.46. The van der Waals surface area contributed by atoms with E-state index in [2.05, 4.69) is 5.32 Å². The molecule has 0 aliphatic carbocycles. The number of carbonyl (C=O) groups is 2. The molecule has 2 amide bonds. The maximum Gasteiger partial charge on any atom is 0.427 e. The zero-order chi connectivity index (χ0) is 32.5. The van der Waals surface area contributed by atoms with Crippen molar-refractivity contribution in [3.63, 3.8) is 0 Å². The molecular formula is C27H14Cl2F8N4O2. The van der Waals surface area contributed by atoms with Crippen molar-refractivity contribution in [3.05, 3.63) is 91.7 Å². The molecule has 1 unspecified atom stereocenters. The van der Waals surface area contributed by atoms with Crippen LogP contribution >= 0.6 is 23.2 Å². The number of amides is 2. The summed E-state index contributed by atoms with van der Waals surface area (Å²) in [5.74, 6) is -3.69. The Balaban J connectivity index is 1.98. The highest BCUT2D eigenvalue weighted by atomic mass is 35.5. The second kappa shape index (κ2) is 12.1. The number of halogens is 10. The van der Waals surface area contributed by atoms with E-state index >= 15 is 4.39 Å². The number of hydrogen-bond donors (Lipinski definition) is 2. The number of nitriles is 2. The Kier molecular flexibility index (Phi) is 9.29. The third-order valence-electron chi connectivity index (χ3n) is 5.98. The van der Waals surface area contributed by atoms with Crippen molar-refractivity contribution in [1.29, 1.82) is 10.5 Å². The predicted octanol–water partition coefficient (Wildman–Crippen LogP) is 8.37. The summed E-state index contributed by atoms with van der Waals surface area (Å²) in [6, 6.07) is 9.62. The largest absolute Gasteiger partial charge is 0.427 e. The highest BCUT2D eigenvalue weighted by molar-refractivity contribution is 6.40. The normalized spacial score (nSPS) is 13.0. The molecule has 43 heavy (non-hydrogen) atoms. The van der Waals surface area contributed by atoms with Crippen LogP contribution in [0.1, 0.15) is 49.4 Å². The van der Waals surface area contributed by atoms with E-state index in [1.807, 2.05) is 11.4 Å². The van der Waals surface area contributed by atoms with Crippen molar-refractivity contribution in [2.24, 2.45) is 0 Å². The summed E-state index contributed by atoms with van der Waals surface area (Å²) in [7, 11) is 0. The van der Waals surface area contributed by atoms with Gasteiger partial charge in [0.1, 0.15) is 6.07 Å². The smallest absolute Gasteiger partial charge is 0.319 e. The number of alkyl halides is 7. The van der Waals surface area contributed by atoms with Gasteiger partial charge < -0.3 is 10.6 Å². The van der Waals surface area contributed by atoms with Crippen LogP contribution in [0.2, 0.25) is 10.0 Å². The molecule has 0 fully saturated rings. The lowest BCUT2D eigenvalue weighted by atomic mass is 9.91. The van der Waals surface area contributed by atoms with Crippen LogP contribution < -0.4 is 10.6 Å². The molecule has 1 atom stereocenters. The summed E-state index contributed by atoms with van der Waals surface area (Å²) in [6.45, 7) is 1.49. The minimum absolute atomic E-state index is 0.00381. The Bertz CT molecular complexity index is 1690. The van der Waals surface area contributed by atoms with Gasteiger partial charge in [-0.05, 0) is 55.0 Å². The molecule has 0 heterocycles. The molecule has 224 valence electrons. The van der Waals surface area contributed by atoms with Crippen LogP contribution in [0.25, 0.3) is 0 Å². The van der Waals surface area contributed by atoms with Crippen LogP contribution in [0, 0.1) is 35.4 Å². The third kappa shape index (κ3) is 6.98. The van der Waals surface area contributed by atoms with Crippen LogP contribution in [0.15, 0.2) is 42.5 Å². The second-order valence-corrected chi connectivity index (χ2v) is 9.73. The van der Waals surface area contributed by atoms with Crippen molar-refractivity contribution < 1.29 is 44.7 Å². The van der Waals surface area contributed by atoms with Gasteiger partial charge >= 0.3 is 12.4 Å². The number of nitrogens with one attached hydrogen (secondary N) is 2. The Labute approximate surface area is 247 Å². The van der Waals surface area contributed by atoms with E-state index in [4.69, 9.17) is 28.5 Å². The van der Waals surface area contributed by atoms with Gasteiger partial charge in [-0.15, -0.1) is 0 Å². The average Bonchev–Trinajstić information content (AvgIpc) is 2.89.